The molecule has 2 aromatic heterocycles. The van der Waals surface area contributed by atoms with Crippen molar-refractivity contribution in [1.29, 1.82) is 0 Å². The molecule has 32 heavy (non-hydrogen) atoms. The topological polar surface area (TPSA) is 77.0 Å². The molecule has 1 aliphatic heterocycles. The second-order valence-electron chi connectivity index (χ2n) is 6.51. The number of sulfone groups is 1. The maximum Gasteiger partial charge on any atom is 0.434 e. The molecular formula is C19H9Cl2F3N2O3S3. The van der Waals surface area contributed by atoms with E-state index in [1.807, 2.05) is 0 Å². The van der Waals surface area contributed by atoms with Gasteiger partial charge in [-0.25, -0.2) is 13.4 Å². The molecular weight excluding hydrogens is 528 g/mol. The van der Waals surface area contributed by atoms with Crippen LogP contribution >= 0.6 is 46.3 Å². The molecule has 0 saturated heterocycles. The first-order valence-corrected chi connectivity index (χ1v) is 12.5. The van der Waals surface area contributed by atoms with Gasteiger partial charge in [0.05, 0.1) is 19.8 Å². The third-order valence-electron chi connectivity index (χ3n) is 4.30. The zero-order chi connectivity index (χ0) is 23.3. The lowest BCUT2D eigenvalue weighted by molar-refractivity contribution is -0.141. The Morgan fingerprint density at radius 2 is 1.84 bits per heavy atom. The fourth-order valence-corrected chi connectivity index (χ4v) is 6.77. The van der Waals surface area contributed by atoms with Crippen LogP contribution in [0.2, 0.25) is 10.0 Å². The van der Waals surface area contributed by atoms with Crippen molar-refractivity contribution in [2.75, 3.05) is 0 Å². The van der Waals surface area contributed by atoms with E-state index in [9.17, 15) is 26.4 Å². The number of hydrogen-bond acceptors (Lipinski definition) is 7. The van der Waals surface area contributed by atoms with Crippen molar-refractivity contribution in [1.82, 2.24) is 9.97 Å². The number of Topliss-reactive ketones (excluding diaryl/α,β-unsaturated/α-hetero) is 1. The summed E-state index contributed by atoms with van der Waals surface area (Å²) in [5.74, 6) is -0.836. The number of benzene rings is 1. The number of carbonyl (C=O) groups is 1. The fourth-order valence-electron chi connectivity index (χ4n) is 2.88. The summed E-state index contributed by atoms with van der Waals surface area (Å²) in [5, 5.41) is 1.30. The number of thiazole rings is 1. The van der Waals surface area contributed by atoms with Crippen LogP contribution in [0.15, 0.2) is 50.1 Å². The Morgan fingerprint density at radius 3 is 2.50 bits per heavy atom. The summed E-state index contributed by atoms with van der Waals surface area (Å²) in [4.78, 5) is 19.9. The quantitative estimate of drug-likeness (QED) is 0.361. The van der Waals surface area contributed by atoms with Gasteiger partial charge >= 0.3 is 6.18 Å². The van der Waals surface area contributed by atoms with Crippen LogP contribution in [-0.2, 0) is 22.4 Å². The summed E-state index contributed by atoms with van der Waals surface area (Å²) in [7, 11) is -3.61. The molecule has 0 aliphatic carbocycles. The molecule has 1 aromatic carbocycles. The van der Waals surface area contributed by atoms with Crippen LogP contribution < -0.4 is 0 Å². The number of pyridine rings is 1. The number of hydrogen-bond donors (Lipinski definition) is 0. The minimum absolute atomic E-state index is 0.0152. The molecule has 13 heteroatoms. The SMILES string of the molecule is O=C(Cc1ccc2c(c1)S(=O)(=O)C=C2)c1sc(Sc2c(Cl)cncc2Cl)nc1C(F)(F)F. The van der Waals surface area contributed by atoms with E-state index in [4.69, 9.17) is 23.2 Å². The number of rotatable bonds is 5. The summed E-state index contributed by atoms with van der Waals surface area (Å²) in [6.45, 7) is 0. The molecule has 0 N–H and O–H groups in total. The summed E-state index contributed by atoms with van der Waals surface area (Å²) >= 11 is 13.4. The molecule has 166 valence electrons. The minimum atomic E-state index is -4.86. The van der Waals surface area contributed by atoms with Crippen molar-refractivity contribution in [2.45, 2.75) is 26.7 Å². The van der Waals surface area contributed by atoms with E-state index in [1.54, 1.807) is 0 Å². The summed E-state index contributed by atoms with van der Waals surface area (Å²) < 4.78 is 64.7. The standard InChI is InChI=1S/C19H9Cl2F3N2O3S3/c20-11-7-25-8-12(21)15(11)30-18-26-17(19(22,23)24)16(31-18)13(27)5-9-1-2-10-3-4-32(28,29)14(10)6-9/h1-4,6-8H,5H2. The average Bonchev–Trinajstić information content (AvgIpc) is 3.26. The fraction of sp³-hybridized carbons (Fsp3) is 0.105. The van der Waals surface area contributed by atoms with Crippen molar-refractivity contribution < 1.29 is 26.4 Å². The van der Waals surface area contributed by atoms with Crippen LogP contribution in [0.3, 0.4) is 0 Å². The van der Waals surface area contributed by atoms with Crippen LogP contribution in [0.5, 0.6) is 0 Å². The van der Waals surface area contributed by atoms with E-state index in [0.717, 1.165) is 17.2 Å². The van der Waals surface area contributed by atoms with Gasteiger partial charge in [0.25, 0.3) is 0 Å². The maximum atomic E-state index is 13.6. The molecule has 4 rings (SSSR count). The second kappa shape index (κ2) is 8.45. The Labute approximate surface area is 198 Å². The Balaban J connectivity index is 1.66. The number of fused-ring (bicyclic) bond motifs is 1. The Hall–Kier alpha value is -1.92. The molecule has 0 fully saturated rings. The Kier molecular flexibility index (Phi) is 6.14. The van der Waals surface area contributed by atoms with E-state index in [2.05, 4.69) is 9.97 Å². The molecule has 0 atom stereocenters. The van der Waals surface area contributed by atoms with Crippen LogP contribution in [0.25, 0.3) is 6.08 Å². The molecule has 0 unspecified atom stereocenters. The van der Waals surface area contributed by atoms with Gasteiger partial charge in [0.1, 0.15) is 4.88 Å². The van der Waals surface area contributed by atoms with Crippen molar-refractivity contribution >= 4 is 68.0 Å². The lowest BCUT2D eigenvalue weighted by Gasteiger charge is -2.06. The van der Waals surface area contributed by atoms with Crippen LogP contribution in [0, 0.1) is 0 Å². The van der Waals surface area contributed by atoms with E-state index in [0.29, 0.717) is 16.9 Å². The van der Waals surface area contributed by atoms with Gasteiger partial charge in [-0.2, -0.15) is 13.2 Å². The number of nitrogens with zero attached hydrogens (tertiary/aromatic N) is 2. The first kappa shape index (κ1) is 23.2. The Morgan fingerprint density at radius 1 is 1.16 bits per heavy atom. The van der Waals surface area contributed by atoms with Gasteiger partial charge in [0.2, 0.25) is 0 Å². The predicted octanol–water partition coefficient (Wildman–Crippen LogP) is 6.20. The number of carbonyl (C=O) groups excluding carboxylic acids is 1. The molecule has 3 aromatic rings. The lowest BCUT2D eigenvalue weighted by Crippen LogP contribution is -2.13. The van der Waals surface area contributed by atoms with E-state index in [1.165, 1.54) is 36.7 Å². The van der Waals surface area contributed by atoms with Crippen molar-refractivity contribution in [3.63, 3.8) is 0 Å². The third kappa shape index (κ3) is 4.58. The molecule has 1 aliphatic rings. The first-order chi connectivity index (χ1) is 15.0. The van der Waals surface area contributed by atoms with Gasteiger partial charge < -0.3 is 0 Å². The van der Waals surface area contributed by atoms with Gasteiger partial charge in [-0.3, -0.25) is 9.78 Å². The molecule has 5 nitrogen and oxygen atoms in total. The van der Waals surface area contributed by atoms with Gasteiger partial charge in [0, 0.05) is 24.2 Å². The summed E-state index contributed by atoms with van der Waals surface area (Å²) in [6, 6.07) is 4.30. The van der Waals surface area contributed by atoms with Gasteiger partial charge in [-0.1, -0.05) is 47.1 Å². The molecule has 0 amide bonds. The van der Waals surface area contributed by atoms with E-state index in [-0.39, 0.29) is 29.7 Å². The highest BCUT2D eigenvalue weighted by molar-refractivity contribution is 8.01. The van der Waals surface area contributed by atoms with Gasteiger partial charge in [0.15, 0.2) is 25.7 Å². The number of halogens is 5. The molecule has 3 heterocycles. The zero-order valence-electron chi connectivity index (χ0n) is 15.5. The first-order valence-electron chi connectivity index (χ1n) is 8.60. The van der Waals surface area contributed by atoms with E-state index >= 15 is 0 Å². The smallest absolute Gasteiger partial charge is 0.293 e. The maximum absolute atomic E-state index is 13.6. The van der Waals surface area contributed by atoms with Crippen molar-refractivity contribution in [3.8, 4) is 0 Å². The lowest BCUT2D eigenvalue weighted by atomic mass is 10.1. The molecule has 0 spiro atoms. The van der Waals surface area contributed by atoms with E-state index < -0.39 is 38.8 Å². The third-order valence-corrected chi connectivity index (χ3v) is 8.86. The Bertz CT molecular complexity index is 1370. The van der Waals surface area contributed by atoms with Gasteiger partial charge in [-0.15, -0.1) is 11.3 Å². The number of aromatic nitrogens is 2. The highest BCUT2D eigenvalue weighted by Gasteiger charge is 2.39. The predicted molar refractivity (Wildman–Crippen MR) is 116 cm³/mol. The zero-order valence-corrected chi connectivity index (χ0v) is 19.4. The molecule has 0 bridgehead atoms. The number of ketones is 1. The largest absolute Gasteiger partial charge is 0.434 e. The normalized spacial score (nSPS) is 14.5. The highest BCUT2D eigenvalue weighted by atomic mass is 35.5. The monoisotopic (exact) mass is 536 g/mol. The highest BCUT2D eigenvalue weighted by Crippen LogP contribution is 2.43. The van der Waals surface area contributed by atoms with Crippen LogP contribution in [0.4, 0.5) is 13.2 Å². The second-order valence-corrected chi connectivity index (χ2v) is 11.4. The summed E-state index contributed by atoms with van der Waals surface area (Å²) in [5.41, 5.74) is -0.580. The van der Waals surface area contributed by atoms with Crippen LogP contribution in [0.1, 0.15) is 26.5 Å². The summed E-state index contributed by atoms with van der Waals surface area (Å²) in [6.07, 6.45) is -1.29. The average molecular weight is 537 g/mol. The van der Waals surface area contributed by atoms with Gasteiger partial charge in [-0.05, 0) is 23.3 Å². The van der Waals surface area contributed by atoms with Crippen molar-refractivity contribution in [3.05, 3.63) is 67.7 Å². The minimum Gasteiger partial charge on any atom is -0.293 e. The molecule has 0 saturated carbocycles. The molecule has 0 radical (unpaired) electrons. The van der Waals surface area contributed by atoms with Crippen LogP contribution in [-0.4, -0.2) is 24.2 Å². The number of alkyl halides is 3. The van der Waals surface area contributed by atoms with Crippen molar-refractivity contribution in [2.24, 2.45) is 0 Å².